The van der Waals surface area contributed by atoms with Gasteiger partial charge in [-0.05, 0) is 5.92 Å². The number of hydrogen-bond donors (Lipinski definition) is 0. The van der Waals surface area contributed by atoms with Crippen LogP contribution in [0.4, 0.5) is 0 Å². The SMILES string of the molecule is CCCCCCC(C)C.[Na]. The fraction of sp³-hybridized carbons (Fsp3) is 1.00. The van der Waals surface area contributed by atoms with Gasteiger partial charge in [-0.3, -0.25) is 0 Å². The molecule has 0 aromatic rings. The van der Waals surface area contributed by atoms with E-state index in [0.717, 1.165) is 5.92 Å². The Kier molecular flexibility index (Phi) is 13.6. The molecule has 0 heterocycles. The Balaban J connectivity index is 0. The maximum atomic E-state index is 2.30. The molecule has 10 heavy (non-hydrogen) atoms. The zero-order chi connectivity index (χ0) is 7.11. The maximum absolute atomic E-state index is 2.30. The first-order valence-corrected chi connectivity index (χ1v) is 4.27. The van der Waals surface area contributed by atoms with Gasteiger partial charge in [-0.15, -0.1) is 0 Å². The Labute approximate surface area is 88.1 Å². The van der Waals surface area contributed by atoms with Crippen LogP contribution < -0.4 is 0 Å². The molecule has 0 amide bonds. The van der Waals surface area contributed by atoms with Gasteiger partial charge in [0.05, 0.1) is 0 Å². The van der Waals surface area contributed by atoms with Crippen LogP contribution in [0.1, 0.15) is 52.9 Å². The van der Waals surface area contributed by atoms with Crippen LogP contribution in [-0.2, 0) is 0 Å². The van der Waals surface area contributed by atoms with E-state index in [0.29, 0.717) is 0 Å². The molecule has 0 saturated carbocycles. The van der Waals surface area contributed by atoms with Gasteiger partial charge in [-0.1, -0.05) is 52.9 Å². The minimum atomic E-state index is 0. The normalized spacial score (nSPS) is 9.60. The van der Waals surface area contributed by atoms with Crippen molar-refractivity contribution in [3.8, 4) is 0 Å². The van der Waals surface area contributed by atoms with Gasteiger partial charge in [0.15, 0.2) is 0 Å². The molecule has 0 bridgehead atoms. The van der Waals surface area contributed by atoms with E-state index in [-0.39, 0.29) is 29.6 Å². The van der Waals surface area contributed by atoms with E-state index in [2.05, 4.69) is 20.8 Å². The summed E-state index contributed by atoms with van der Waals surface area (Å²) in [5.74, 6) is 0.904. The fourth-order valence-corrected chi connectivity index (χ4v) is 0.979. The molecule has 0 saturated heterocycles. The van der Waals surface area contributed by atoms with Gasteiger partial charge in [0.2, 0.25) is 0 Å². The first kappa shape index (κ1) is 13.6. The third-order valence-corrected chi connectivity index (χ3v) is 1.64. The summed E-state index contributed by atoms with van der Waals surface area (Å²) < 4.78 is 0. The Bertz CT molecular complexity index is 50.7. The molecule has 0 aliphatic heterocycles. The monoisotopic (exact) mass is 151 g/mol. The van der Waals surface area contributed by atoms with Gasteiger partial charge in [0, 0.05) is 29.6 Å². The van der Waals surface area contributed by atoms with Crippen molar-refractivity contribution in [1.29, 1.82) is 0 Å². The first-order valence-electron chi connectivity index (χ1n) is 4.27. The average molecular weight is 151 g/mol. The molecule has 0 aromatic heterocycles. The van der Waals surface area contributed by atoms with Gasteiger partial charge in [-0.25, -0.2) is 0 Å². The van der Waals surface area contributed by atoms with Crippen molar-refractivity contribution in [2.24, 2.45) is 5.92 Å². The second kappa shape index (κ2) is 10.0. The minimum absolute atomic E-state index is 0. The first-order chi connectivity index (χ1) is 4.27. The molecular formula is C9H20Na. The largest absolute Gasteiger partial charge is 0.0654 e. The van der Waals surface area contributed by atoms with Crippen LogP contribution >= 0.6 is 0 Å². The summed E-state index contributed by atoms with van der Waals surface area (Å²) in [4.78, 5) is 0. The summed E-state index contributed by atoms with van der Waals surface area (Å²) in [5, 5.41) is 0. The van der Waals surface area contributed by atoms with Crippen LogP contribution in [0.15, 0.2) is 0 Å². The summed E-state index contributed by atoms with van der Waals surface area (Å²) in [6.07, 6.45) is 7.07. The molecule has 0 fully saturated rings. The van der Waals surface area contributed by atoms with Crippen molar-refractivity contribution in [1.82, 2.24) is 0 Å². The Hall–Kier alpha value is 1.00. The summed E-state index contributed by atoms with van der Waals surface area (Å²) in [6.45, 7) is 6.85. The molecule has 0 rings (SSSR count). The van der Waals surface area contributed by atoms with E-state index in [1.807, 2.05) is 0 Å². The molecule has 1 heteroatoms. The number of hydrogen-bond acceptors (Lipinski definition) is 0. The van der Waals surface area contributed by atoms with Crippen LogP contribution in [0.2, 0.25) is 0 Å². The van der Waals surface area contributed by atoms with Gasteiger partial charge in [-0.2, -0.15) is 0 Å². The Morgan fingerprint density at radius 1 is 1.00 bits per heavy atom. The van der Waals surface area contributed by atoms with E-state index >= 15 is 0 Å². The smallest absolute Gasteiger partial charge is 0 e. The summed E-state index contributed by atoms with van der Waals surface area (Å²) in [7, 11) is 0. The van der Waals surface area contributed by atoms with E-state index in [4.69, 9.17) is 0 Å². The molecule has 0 atom stereocenters. The molecule has 0 spiro atoms. The van der Waals surface area contributed by atoms with E-state index in [1.165, 1.54) is 32.1 Å². The zero-order valence-electron chi connectivity index (χ0n) is 8.11. The molecule has 0 N–H and O–H groups in total. The van der Waals surface area contributed by atoms with Crippen LogP contribution in [-0.4, -0.2) is 29.6 Å². The predicted molar refractivity (Wildman–Crippen MR) is 49.4 cm³/mol. The van der Waals surface area contributed by atoms with Gasteiger partial charge in [0.1, 0.15) is 0 Å². The van der Waals surface area contributed by atoms with Gasteiger partial charge in [0.25, 0.3) is 0 Å². The van der Waals surface area contributed by atoms with Gasteiger partial charge < -0.3 is 0 Å². The van der Waals surface area contributed by atoms with E-state index in [9.17, 15) is 0 Å². The van der Waals surface area contributed by atoms with Crippen LogP contribution in [0, 0.1) is 5.92 Å². The molecule has 1 radical (unpaired) electrons. The van der Waals surface area contributed by atoms with E-state index < -0.39 is 0 Å². The third kappa shape index (κ3) is 11.8. The topological polar surface area (TPSA) is 0 Å². The van der Waals surface area contributed by atoms with Crippen molar-refractivity contribution in [2.45, 2.75) is 52.9 Å². The standard InChI is InChI=1S/C9H20.Na/c1-4-5-6-7-8-9(2)3;/h9H,4-8H2,1-3H3;. The zero-order valence-corrected chi connectivity index (χ0v) is 10.1. The second-order valence-electron chi connectivity index (χ2n) is 3.24. The van der Waals surface area contributed by atoms with Crippen LogP contribution in [0.3, 0.4) is 0 Å². The van der Waals surface area contributed by atoms with Crippen molar-refractivity contribution < 1.29 is 0 Å². The quantitative estimate of drug-likeness (QED) is 0.418. The summed E-state index contributed by atoms with van der Waals surface area (Å²) in [5.41, 5.74) is 0. The van der Waals surface area contributed by atoms with Crippen LogP contribution in [0.5, 0.6) is 0 Å². The molecule has 57 valence electrons. The van der Waals surface area contributed by atoms with Crippen LogP contribution in [0.25, 0.3) is 0 Å². The number of rotatable bonds is 5. The van der Waals surface area contributed by atoms with Gasteiger partial charge >= 0.3 is 0 Å². The number of unbranched alkanes of at least 4 members (excludes halogenated alkanes) is 3. The second-order valence-corrected chi connectivity index (χ2v) is 3.24. The van der Waals surface area contributed by atoms with Crippen molar-refractivity contribution >= 4 is 29.6 Å². The predicted octanol–water partition coefficient (Wildman–Crippen LogP) is 3.23. The third-order valence-electron chi connectivity index (χ3n) is 1.64. The molecule has 0 unspecified atom stereocenters. The minimum Gasteiger partial charge on any atom is -0.0654 e. The molecular weight excluding hydrogens is 131 g/mol. The molecule has 0 nitrogen and oxygen atoms in total. The van der Waals surface area contributed by atoms with Crippen molar-refractivity contribution in [3.63, 3.8) is 0 Å². The summed E-state index contributed by atoms with van der Waals surface area (Å²) in [6, 6.07) is 0. The Morgan fingerprint density at radius 2 is 1.60 bits per heavy atom. The van der Waals surface area contributed by atoms with Crippen molar-refractivity contribution in [2.75, 3.05) is 0 Å². The van der Waals surface area contributed by atoms with Crippen molar-refractivity contribution in [3.05, 3.63) is 0 Å². The average Bonchev–Trinajstić information content (AvgIpc) is 1.80. The van der Waals surface area contributed by atoms with E-state index in [1.54, 1.807) is 0 Å². The maximum Gasteiger partial charge on any atom is 0 e. The molecule has 0 aromatic carbocycles. The molecule has 0 aliphatic rings. The Morgan fingerprint density at radius 3 is 2.00 bits per heavy atom. The molecule has 0 aliphatic carbocycles. The summed E-state index contributed by atoms with van der Waals surface area (Å²) >= 11 is 0. The fourth-order valence-electron chi connectivity index (χ4n) is 0.979.